The number of hydrogen-bond acceptors (Lipinski definition) is 3. The smallest absolute Gasteiger partial charge is 0.163 e. The van der Waals surface area contributed by atoms with Gasteiger partial charge in [-0.3, -0.25) is 0 Å². The van der Waals surface area contributed by atoms with E-state index in [-0.39, 0.29) is 18.0 Å². The molecule has 6 nitrogen and oxygen atoms in total. The molecule has 0 bridgehead atoms. The van der Waals surface area contributed by atoms with Crippen LogP contribution in [0.15, 0.2) is 134 Å². The topological polar surface area (TPSA) is 53.5 Å². The van der Waals surface area contributed by atoms with E-state index in [1.54, 1.807) is 0 Å². The van der Waals surface area contributed by atoms with Crippen molar-refractivity contribution in [2.75, 3.05) is 0 Å². The molecular weight excluding hydrogens is 697 g/mol. The van der Waals surface area contributed by atoms with Gasteiger partial charge in [-0.1, -0.05) is 97.2 Å². The summed E-state index contributed by atoms with van der Waals surface area (Å²) in [5.74, 6) is 2.59. The highest BCUT2D eigenvalue weighted by Gasteiger charge is 2.35. The fraction of sp³-hybridized carbons (Fsp3) is 0.196. The first-order chi connectivity index (χ1) is 28.3. The Balaban J connectivity index is 1.07. The van der Waals surface area contributed by atoms with E-state index in [0.717, 1.165) is 60.8 Å². The maximum atomic E-state index is 5.14. The van der Waals surface area contributed by atoms with Crippen molar-refractivity contribution >= 4 is 66.2 Å². The number of aromatic nitrogens is 6. The Kier molecular flexibility index (Phi) is 6.66. The minimum atomic E-state index is 0.138. The zero-order valence-corrected chi connectivity index (χ0v) is 31.6. The third-order valence-electron chi connectivity index (χ3n) is 13.3. The van der Waals surface area contributed by atoms with Gasteiger partial charge in [0.15, 0.2) is 11.6 Å². The Morgan fingerprint density at radius 2 is 1.35 bits per heavy atom. The maximum absolute atomic E-state index is 5.14. The predicted octanol–water partition coefficient (Wildman–Crippen LogP) is 12.4. The van der Waals surface area contributed by atoms with E-state index in [0.29, 0.717) is 0 Å². The van der Waals surface area contributed by atoms with Crippen LogP contribution >= 0.6 is 0 Å². The second kappa shape index (κ2) is 12.0. The molecule has 4 aliphatic carbocycles. The summed E-state index contributed by atoms with van der Waals surface area (Å²) in [6.07, 6.45) is 32.6. The van der Waals surface area contributed by atoms with Crippen molar-refractivity contribution in [1.29, 1.82) is 0 Å². The molecular formula is C51H40N6. The summed E-state index contributed by atoms with van der Waals surface area (Å²) in [5, 5.41) is 6.65. The maximum Gasteiger partial charge on any atom is 0.163 e. The summed E-state index contributed by atoms with van der Waals surface area (Å²) in [7, 11) is 0. The van der Waals surface area contributed by atoms with Gasteiger partial charge < -0.3 is 13.7 Å². The SMILES string of the molecule is C1=CCC(c2nc(C3=CCCCC3)nc(-c3ccc(-n4c5ccc6c7c(n8c6c5c5c4ccc4c6ccccc6n(c45)C4C=CC=CC48)CCC=C7)cc3)n2)C=C1. The van der Waals surface area contributed by atoms with Crippen LogP contribution in [0.25, 0.3) is 83.2 Å². The molecule has 0 fully saturated rings. The van der Waals surface area contributed by atoms with Gasteiger partial charge in [0.1, 0.15) is 5.82 Å². The summed E-state index contributed by atoms with van der Waals surface area (Å²) in [6.45, 7) is 0. The van der Waals surface area contributed by atoms with E-state index in [2.05, 4.69) is 153 Å². The zero-order valence-electron chi connectivity index (χ0n) is 31.6. The van der Waals surface area contributed by atoms with Crippen molar-refractivity contribution in [3.63, 3.8) is 0 Å². The number of rotatable bonds is 4. The minimum absolute atomic E-state index is 0.138. The predicted molar refractivity (Wildman–Crippen MR) is 234 cm³/mol. The Labute approximate surface area is 330 Å². The van der Waals surface area contributed by atoms with E-state index >= 15 is 0 Å². The van der Waals surface area contributed by atoms with E-state index in [1.807, 2.05) is 0 Å². The lowest BCUT2D eigenvalue weighted by Crippen LogP contribution is -2.24. The number of hydrogen-bond donors (Lipinski definition) is 0. The van der Waals surface area contributed by atoms with Crippen molar-refractivity contribution in [2.45, 2.75) is 62.9 Å². The van der Waals surface area contributed by atoms with Crippen LogP contribution in [0, 0.1) is 0 Å². The summed E-state index contributed by atoms with van der Waals surface area (Å²) in [6, 6.07) is 27.8. The quantitative estimate of drug-likeness (QED) is 0.181. The molecule has 0 radical (unpaired) electrons. The lowest BCUT2D eigenvalue weighted by Gasteiger charge is -2.32. The van der Waals surface area contributed by atoms with Crippen molar-refractivity contribution in [3.05, 3.63) is 156 Å². The minimum Gasteiger partial charge on any atom is -0.334 e. The van der Waals surface area contributed by atoms with Gasteiger partial charge >= 0.3 is 0 Å². The highest BCUT2D eigenvalue weighted by atomic mass is 15.1. The summed E-state index contributed by atoms with van der Waals surface area (Å²) >= 11 is 0. The molecule has 0 saturated heterocycles. The molecule has 4 aromatic heterocycles. The van der Waals surface area contributed by atoms with E-state index < -0.39 is 0 Å². The average molecular weight is 737 g/mol. The first-order valence-electron chi connectivity index (χ1n) is 20.8. The summed E-state index contributed by atoms with van der Waals surface area (Å²) in [5.41, 5.74) is 12.7. The number of benzene rings is 4. The van der Waals surface area contributed by atoms with Gasteiger partial charge in [0.05, 0.1) is 34.2 Å². The fourth-order valence-electron chi connectivity index (χ4n) is 10.8. The molecule has 0 amide bonds. The van der Waals surface area contributed by atoms with Gasteiger partial charge in [0.25, 0.3) is 0 Å². The Morgan fingerprint density at radius 1 is 0.579 bits per heavy atom. The lowest BCUT2D eigenvalue weighted by molar-refractivity contribution is 0.458. The van der Waals surface area contributed by atoms with Gasteiger partial charge in [-0.25, -0.2) is 15.0 Å². The number of allylic oxidation sites excluding steroid dienone is 11. The van der Waals surface area contributed by atoms with E-state index in [9.17, 15) is 0 Å². The Morgan fingerprint density at radius 3 is 2.16 bits per heavy atom. The van der Waals surface area contributed by atoms with Crippen LogP contribution in [0.5, 0.6) is 0 Å². The second-order valence-electron chi connectivity index (χ2n) is 16.4. The first kappa shape index (κ1) is 31.7. The Bertz CT molecular complexity index is 3230. The van der Waals surface area contributed by atoms with Crippen molar-refractivity contribution < 1.29 is 0 Å². The highest BCUT2D eigenvalue weighted by Crippen LogP contribution is 2.51. The van der Waals surface area contributed by atoms with Crippen LogP contribution in [-0.2, 0) is 6.42 Å². The average Bonchev–Trinajstić information content (AvgIpc) is 3.92. The molecule has 5 aliphatic rings. The number of nitrogens with zero attached hydrogens (tertiary/aromatic N) is 6. The molecule has 3 atom stereocenters. The molecule has 0 saturated carbocycles. The van der Waals surface area contributed by atoms with Crippen LogP contribution in [-0.4, -0.2) is 28.7 Å². The van der Waals surface area contributed by atoms with Gasteiger partial charge in [-0.05, 0) is 93.0 Å². The molecule has 3 unspecified atom stereocenters. The van der Waals surface area contributed by atoms with Crippen LogP contribution in [0.4, 0.5) is 0 Å². The van der Waals surface area contributed by atoms with Crippen LogP contribution in [0.1, 0.15) is 79.4 Å². The highest BCUT2D eigenvalue weighted by molar-refractivity contribution is 6.31. The molecule has 6 heteroatoms. The lowest BCUT2D eigenvalue weighted by atomic mass is 9.97. The zero-order chi connectivity index (χ0) is 37.2. The summed E-state index contributed by atoms with van der Waals surface area (Å²) in [4.78, 5) is 15.3. The molecule has 0 spiro atoms. The second-order valence-corrected chi connectivity index (χ2v) is 16.4. The van der Waals surface area contributed by atoms with Crippen LogP contribution in [0.3, 0.4) is 0 Å². The van der Waals surface area contributed by atoms with Gasteiger partial charge in [-0.2, -0.15) is 0 Å². The molecule has 8 aromatic rings. The molecule has 274 valence electrons. The first-order valence-corrected chi connectivity index (χ1v) is 20.8. The molecule has 1 aliphatic heterocycles. The molecule has 0 N–H and O–H groups in total. The van der Waals surface area contributed by atoms with Gasteiger partial charge in [0, 0.05) is 60.9 Å². The van der Waals surface area contributed by atoms with Crippen molar-refractivity contribution in [3.8, 4) is 17.1 Å². The van der Waals surface area contributed by atoms with Crippen LogP contribution in [0.2, 0.25) is 0 Å². The normalized spacial score (nSPS) is 20.8. The van der Waals surface area contributed by atoms with Gasteiger partial charge in [-0.15, -0.1) is 0 Å². The largest absolute Gasteiger partial charge is 0.334 e. The standard InChI is InChI=1S/C51H40N6/c1-3-13-31(14-4-1)49-52-50(32-15-5-2-6-16-32)54-51(53-49)33-23-25-34(26-24-33)55-43-29-27-37-35-17-7-9-19-39(35)56-41-21-11-12-22-42(41)57-40-20-10-8-18-36(40)38-28-30-44(55)46(48(38)57)45(43)47(37)56/h1,3-4,7-9,11-13,15,17-19,21-31,41-42H,2,5-6,10,14,16,20H2. The molecule has 5 heterocycles. The third kappa shape index (κ3) is 4.44. The van der Waals surface area contributed by atoms with Crippen molar-refractivity contribution in [1.82, 2.24) is 28.7 Å². The summed E-state index contributed by atoms with van der Waals surface area (Å²) < 4.78 is 7.88. The van der Waals surface area contributed by atoms with Gasteiger partial charge in [0.2, 0.25) is 0 Å². The molecule has 4 aromatic carbocycles. The molecule has 57 heavy (non-hydrogen) atoms. The fourth-order valence-corrected chi connectivity index (χ4v) is 10.8. The number of fused-ring (bicyclic) bond motifs is 9. The third-order valence-corrected chi connectivity index (χ3v) is 13.3. The Hall–Kier alpha value is -6.53. The number of para-hydroxylation sites is 1. The van der Waals surface area contributed by atoms with Crippen LogP contribution < -0.4 is 0 Å². The van der Waals surface area contributed by atoms with E-state index in [4.69, 9.17) is 15.0 Å². The monoisotopic (exact) mass is 736 g/mol. The molecule has 13 rings (SSSR count). The van der Waals surface area contributed by atoms with E-state index in [1.165, 1.54) is 84.2 Å². The van der Waals surface area contributed by atoms with Crippen molar-refractivity contribution in [2.24, 2.45) is 0 Å².